The molecule has 11 nitrogen and oxygen atoms in total. The number of hydrogen-bond acceptors (Lipinski definition) is 11. The van der Waals surface area contributed by atoms with Gasteiger partial charge in [-0.3, -0.25) is 0 Å². The number of nitrogen functional groups attached to an aromatic ring is 1. The van der Waals surface area contributed by atoms with E-state index in [0.29, 0.717) is 17.1 Å². The van der Waals surface area contributed by atoms with Crippen LogP contribution in [-0.4, -0.2) is 66.9 Å². The summed E-state index contributed by atoms with van der Waals surface area (Å²) >= 11 is 5.62. The van der Waals surface area contributed by atoms with Crippen LogP contribution >= 0.6 is 12.2 Å². The first-order valence-corrected chi connectivity index (χ1v) is 19.3. The first kappa shape index (κ1) is 31.9. The number of rotatable bonds is 7. The standard InChI is InChI=1S/C29H43N5O6SSi2/c1-17(2)42(18(3)4)35-15-23-25(39-43(40-42,19(5)6)20(7)8)26(38-29(41)36-21-12-10-9-11-13-21)24(37-23)22-14-31-28-27(30)32-16-33-34(22)28/h9-14,16-20,23-26H,15H2,1-8H3,(H2,30,32,33)/t23-,24+,25-,26+/m1/s1. The van der Waals surface area contributed by atoms with Gasteiger partial charge in [0.1, 0.15) is 30.4 Å². The maximum absolute atomic E-state index is 7.38. The van der Waals surface area contributed by atoms with Gasteiger partial charge in [0.2, 0.25) is 0 Å². The molecular weight excluding hydrogens is 603 g/mol. The molecule has 0 amide bonds. The fourth-order valence-electron chi connectivity index (χ4n) is 6.28. The second kappa shape index (κ2) is 12.5. The summed E-state index contributed by atoms with van der Waals surface area (Å²) < 4.78 is 42.5. The van der Waals surface area contributed by atoms with Crippen molar-refractivity contribution >= 4 is 46.0 Å². The van der Waals surface area contributed by atoms with E-state index >= 15 is 0 Å². The fraction of sp³-hybridized carbons (Fsp3) is 0.586. The van der Waals surface area contributed by atoms with Gasteiger partial charge in [-0.15, -0.1) is 0 Å². The highest BCUT2D eigenvalue weighted by molar-refractivity contribution is 7.79. The van der Waals surface area contributed by atoms with E-state index in [1.807, 2.05) is 30.3 Å². The van der Waals surface area contributed by atoms with Crippen molar-refractivity contribution in [3.05, 3.63) is 48.5 Å². The monoisotopic (exact) mass is 645 g/mol. The number of imidazole rings is 1. The number of thiocarbonyl (C=S) groups is 1. The largest absolute Gasteiger partial charge is 0.447 e. The number of benzene rings is 1. The Morgan fingerprint density at radius 2 is 1.63 bits per heavy atom. The van der Waals surface area contributed by atoms with Gasteiger partial charge in [0, 0.05) is 12.2 Å². The number of ether oxygens (including phenoxy) is 3. The van der Waals surface area contributed by atoms with E-state index in [1.165, 1.54) is 6.33 Å². The molecule has 2 fully saturated rings. The molecular formula is C29H43N5O6SSi2. The minimum absolute atomic E-state index is 0.0460. The molecule has 4 atom stereocenters. The van der Waals surface area contributed by atoms with Gasteiger partial charge in [-0.05, 0) is 34.3 Å². The van der Waals surface area contributed by atoms with Crippen LogP contribution in [0.1, 0.15) is 67.2 Å². The molecule has 5 rings (SSSR count). The highest BCUT2D eigenvalue weighted by Gasteiger charge is 2.62. The lowest BCUT2D eigenvalue weighted by atomic mass is 10.1. The van der Waals surface area contributed by atoms with Crippen LogP contribution in [0.25, 0.3) is 5.65 Å². The van der Waals surface area contributed by atoms with Crippen molar-refractivity contribution in [1.82, 2.24) is 19.6 Å². The fourth-order valence-corrected chi connectivity index (χ4v) is 17.7. The summed E-state index contributed by atoms with van der Waals surface area (Å²) in [5.74, 6) is 0.826. The summed E-state index contributed by atoms with van der Waals surface area (Å²) in [4.78, 5) is 8.57. The van der Waals surface area contributed by atoms with Crippen LogP contribution in [0.3, 0.4) is 0 Å². The van der Waals surface area contributed by atoms with Crippen molar-refractivity contribution in [3.8, 4) is 5.75 Å². The summed E-state index contributed by atoms with van der Waals surface area (Å²) in [6.07, 6.45) is 0.612. The van der Waals surface area contributed by atoms with Crippen molar-refractivity contribution in [2.45, 2.75) is 102 Å². The van der Waals surface area contributed by atoms with Crippen LogP contribution in [0.15, 0.2) is 42.9 Å². The topological polar surface area (TPSA) is 124 Å². The third-order valence-corrected chi connectivity index (χ3v) is 18.9. The predicted molar refractivity (Wildman–Crippen MR) is 171 cm³/mol. The summed E-state index contributed by atoms with van der Waals surface area (Å²) in [7, 11) is -5.76. The van der Waals surface area contributed by atoms with Gasteiger partial charge in [0.05, 0.1) is 18.5 Å². The van der Waals surface area contributed by atoms with E-state index in [-0.39, 0.29) is 39.8 Å². The highest BCUT2D eigenvalue weighted by atomic mass is 32.1. The molecule has 14 heteroatoms. The number of nitrogens with two attached hydrogens (primary N) is 1. The number of nitrogens with zero attached hydrogens (tertiary/aromatic N) is 4. The van der Waals surface area contributed by atoms with Gasteiger partial charge in [0.15, 0.2) is 17.6 Å². The number of aromatic nitrogens is 4. The summed E-state index contributed by atoms with van der Waals surface area (Å²) in [6.45, 7) is 17.8. The molecule has 1 aromatic carbocycles. The third kappa shape index (κ3) is 5.85. The second-order valence-corrected chi connectivity index (χ2v) is 21.6. The molecule has 2 saturated heterocycles. The molecule has 4 heterocycles. The molecule has 234 valence electrons. The predicted octanol–water partition coefficient (Wildman–Crippen LogP) is 5.85. The molecule has 2 aliphatic rings. The van der Waals surface area contributed by atoms with Gasteiger partial charge in [-0.2, -0.15) is 5.10 Å². The Hall–Kier alpha value is -2.47. The summed E-state index contributed by atoms with van der Waals surface area (Å²) in [5.41, 5.74) is 7.81. The molecule has 0 spiro atoms. The average Bonchev–Trinajstić information content (AvgIpc) is 3.50. The van der Waals surface area contributed by atoms with Crippen LogP contribution in [0.2, 0.25) is 22.2 Å². The van der Waals surface area contributed by atoms with Gasteiger partial charge < -0.3 is 32.9 Å². The van der Waals surface area contributed by atoms with Crippen molar-refractivity contribution in [3.63, 3.8) is 0 Å². The Balaban J connectivity index is 1.60. The van der Waals surface area contributed by atoms with Crippen LogP contribution in [0, 0.1) is 0 Å². The zero-order valence-electron chi connectivity index (χ0n) is 26.1. The zero-order valence-corrected chi connectivity index (χ0v) is 28.9. The molecule has 0 saturated carbocycles. The molecule has 2 aliphatic heterocycles. The number of anilines is 1. The SMILES string of the molecule is CC(C)[Si]1(C(C)C)OC[C@H]2O[C@@H](c3cnc4c(N)ncnn34)[C@H](OC(=S)Oc3ccccc3)[C@@H]2O[Si](C(C)C)(C(C)C)O1. The molecule has 2 N–H and O–H groups in total. The summed E-state index contributed by atoms with van der Waals surface area (Å²) in [6, 6.07) is 9.28. The molecule has 0 radical (unpaired) electrons. The molecule has 0 unspecified atom stereocenters. The summed E-state index contributed by atoms with van der Waals surface area (Å²) in [5, 5.41) is 4.37. The number of hydrogen-bond donors (Lipinski definition) is 1. The average molecular weight is 646 g/mol. The Kier molecular flexibility index (Phi) is 9.28. The zero-order chi connectivity index (χ0) is 31.1. The molecule has 2 aromatic heterocycles. The first-order valence-electron chi connectivity index (χ1n) is 14.9. The minimum atomic E-state index is -2.99. The third-order valence-electron chi connectivity index (χ3n) is 8.47. The lowest BCUT2D eigenvalue weighted by Gasteiger charge is -2.51. The van der Waals surface area contributed by atoms with Crippen LogP contribution < -0.4 is 10.5 Å². The Morgan fingerprint density at radius 3 is 2.26 bits per heavy atom. The highest BCUT2D eigenvalue weighted by Crippen LogP contribution is 2.49. The van der Waals surface area contributed by atoms with Crippen LogP contribution in [0.5, 0.6) is 5.75 Å². The lowest BCUT2D eigenvalue weighted by molar-refractivity contribution is -0.0399. The quantitative estimate of drug-likeness (QED) is 0.246. The van der Waals surface area contributed by atoms with Crippen molar-refractivity contribution in [2.24, 2.45) is 0 Å². The van der Waals surface area contributed by atoms with Crippen molar-refractivity contribution in [2.75, 3.05) is 12.3 Å². The van der Waals surface area contributed by atoms with E-state index < -0.39 is 41.5 Å². The Bertz CT molecular complexity index is 1410. The smallest absolute Gasteiger partial charge is 0.358 e. The second-order valence-electron chi connectivity index (χ2n) is 12.5. The lowest BCUT2D eigenvalue weighted by Crippen LogP contribution is -2.66. The van der Waals surface area contributed by atoms with Gasteiger partial charge >= 0.3 is 22.4 Å². The van der Waals surface area contributed by atoms with Gasteiger partial charge in [-0.25, -0.2) is 14.5 Å². The molecule has 0 aliphatic carbocycles. The van der Waals surface area contributed by atoms with Crippen LogP contribution in [0.4, 0.5) is 5.82 Å². The molecule has 0 bridgehead atoms. The number of para-hydroxylation sites is 1. The van der Waals surface area contributed by atoms with Gasteiger partial charge in [-0.1, -0.05) is 73.6 Å². The van der Waals surface area contributed by atoms with E-state index in [9.17, 15) is 0 Å². The minimum Gasteiger partial charge on any atom is -0.447 e. The van der Waals surface area contributed by atoms with E-state index in [0.717, 1.165) is 0 Å². The Labute approximate surface area is 260 Å². The van der Waals surface area contributed by atoms with Crippen molar-refractivity contribution in [1.29, 1.82) is 0 Å². The van der Waals surface area contributed by atoms with Crippen molar-refractivity contribution < 1.29 is 27.2 Å². The maximum Gasteiger partial charge on any atom is 0.358 e. The normalized spacial score (nSPS) is 25.2. The Morgan fingerprint density at radius 1 is 0.977 bits per heavy atom. The molecule has 43 heavy (non-hydrogen) atoms. The van der Waals surface area contributed by atoms with Gasteiger partial charge in [0.25, 0.3) is 0 Å². The van der Waals surface area contributed by atoms with E-state index in [4.69, 9.17) is 45.1 Å². The van der Waals surface area contributed by atoms with Crippen LogP contribution in [-0.2, 0) is 22.4 Å². The van der Waals surface area contributed by atoms with E-state index in [2.05, 4.69) is 70.5 Å². The number of fused-ring (bicyclic) bond motifs is 2. The van der Waals surface area contributed by atoms with E-state index in [1.54, 1.807) is 10.7 Å². The molecule has 3 aromatic rings. The first-order chi connectivity index (χ1) is 20.4. The maximum atomic E-state index is 7.38.